The number of carbonyl (C=O) groups is 1. The van der Waals surface area contributed by atoms with E-state index in [2.05, 4.69) is 10.1 Å². The first-order valence-corrected chi connectivity index (χ1v) is 11.0. The van der Waals surface area contributed by atoms with Crippen LogP contribution < -0.4 is 20.1 Å². The van der Waals surface area contributed by atoms with Crippen molar-refractivity contribution < 1.29 is 40.2 Å². The van der Waals surface area contributed by atoms with E-state index >= 15 is 0 Å². The third-order valence-electron chi connectivity index (χ3n) is 4.83. The summed E-state index contributed by atoms with van der Waals surface area (Å²) in [7, 11) is -4.19. The van der Waals surface area contributed by atoms with Crippen LogP contribution in [0.1, 0.15) is 13.8 Å². The molecule has 2 aromatic rings. The van der Waals surface area contributed by atoms with Crippen LogP contribution in [0.15, 0.2) is 47.4 Å². The maximum Gasteiger partial charge on any atom is 0.427 e. The van der Waals surface area contributed by atoms with Crippen molar-refractivity contribution in [2.75, 3.05) is 22.7 Å². The Bertz CT molecular complexity index is 1140. The molecular formula is C20H21F4N3O5S. The van der Waals surface area contributed by atoms with Gasteiger partial charge in [0.05, 0.1) is 17.1 Å². The first-order chi connectivity index (χ1) is 15.2. The highest BCUT2D eigenvalue weighted by atomic mass is 32.2. The van der Waals surface area contributed by atoms with Gasteiger partial charge >= 0.3 is 12.3 Å². The summed E-state index contributed by atoms with van der Waals surface area (Å²) in [5, 5.41) is 2.15. The molecule has 0 fully saturated rings. The molecule has 1 amide bonds. The van der Waals surface area contributed by atoms with E-state index in [0.717, 1.165) is 28.6 Å². The van der Waals surface area contributed by atoms with Crippen LogP contribution in [-0.4, -0.2) is 45.5 Å². The van der Waals surface area contributed by atoms with Crippen LogP contribution in [0.25, 0.3) is 0 Å². The van der Waals surface area contributed by atoms with Crippen LogP contribution in [-0.2, 0) is 14.8 Å². The number of sulfonamides is 1. The SMILES string of the molecule is CC(C)(OC(=O)Nc1ccc2c(c1)N(S(=O)(=O)c1ccc(F)cc1)C[C@H](CN)O2)C(F)(F)F. The van der Waals surface area contributed by atoms with Crippen molar-refractivity contribution in [2.24, 2.45) is 5.73 Å². The number of rotatable bonds is 5. The normalized spacial score (nSPS) is 16.6. The Hall–Kier alpha value is -3.06. The molecule has 1 aliphatic rings. The van der Waals surface area contributed by atoms with Crippen molar-refractivity contribution in [1.82, 2.24) is 0 Å². The van der Waals surface area contributed by atoms with Gasteiger partial charge in [0.2, 0.25) is 5.60 Å². The summed E-state index contributed by atoms with van der Waals surface area (Å²) in [5.74, 6) is -0.500. The lowest BCUT2D eigenvalue weighted by Gasteiger charge is -2.35. The number of amides is 1. The third kappa shape index (κ3) is 5.14. The Morgan fingerprint density at radius 3 is 2.42 bits per heavy atom. The lowest BCUT2D eigenvalue weighted by atomic mass is 10.1. The molecule has 0 unspecified atom stereocenters. The summed E-state index contributed by atoms with van der Waals surface area (Å²) in [5.41, 5.74) is 2.88. The number of nitrogens with one attached hydrogen (secondary N) is 1. The number of ether oxygens (including phenoxy) is 2. The van der Waals surface area contributed by atoms with Gasteiger partial charge in [0.25, 0.3) is 10.0 Å². The van der Waals surface area contributed by atoms with E-state index in [1.807, 2.05) is 0 Å². The highest BCUT2D eigenvalue weighted by molar-refractivity contribution is 7.92. The number of carbonyl (C=O) groups excluding carboxylic acids is 1. The topological polar surface area (TPSA) is 111 Å². The minimum Gasteiger partial charge on any atom is -0.485 e. The number of fused-ring (bicyclic) bond motifs is 1. The van der Waals surface area contributed by atoms with Crippen molar-refractivity contribution in [2.45, 2.75) is 36.6 Å². The molecule has 3 rings (SSSR count). The first kappa shape index (κ1) is 24.6. The number of hydrogen-bond acceptors (Lipinski definition) is 6. The van der Waals surface area contributed by atoms with Crippen molar-refractivity contribution >= 4 is 27.5 Å². The van der Waals surface area contributed by atoms with E-state index in [-0.39, 0.29) is 35.1 Å². The maximum atomic E-state index is 13.3. The average Bonchev–Trinajstić information content (AvgIpc) is 2.72. The van der Waals surface area contributed by atoms with Gasteiger partial charge in [-0.05, 0) is 56.3 Å². The number of alkyl halides is 3. The highest BCUT2D eigenvalue weighted by Gasteiger charge is 2.51. The van der Waals surface area contributed by atoms with Crippen LogP contribution >= 0.6 is 0 Å². The largest absolute Gasteiger partial charge is 0.485 e. The van der Waals surface area contributed by atoms with E-state index < -0.39 is 39.8 Å². The van der Waals surface area contributed by atoms with Crippen LogP contribution in [0, 0.1) is 5.82 Å². The van der Waals surface area contributed by atoms with Gasteiger partial charge in [-0.25, -0.2) is 17.6 Å². The molecule has 0 radical (unpaired) electrons. The molecule has 0 spiro atoms. The predicted molar refractivity (Wildman–Crippen MR) is 111 cm³/mol. The average molecular weight is 491 g/mol. The highest BCUT2D eigenvalue weighted by Crippen LogP contribution is 2.39. The molecular weight excluding hydrogens is 470 g/mol. The smallest absolute Gasteiger partial charge is 0.427 e. The Labute approximate surface area is 187 Å². The van der Waals surface area contributed by atoms with Gasteiger partial charge in [0.1, 0.15) is 17.7 Å². The molecule has 2 aromatic carbocycles. The summed E-state index contributed by atoms with van der Waals surface area (Å²) in [6.07, 6.45) is -6.88. The molecule has 0 aliphatic carbocycles. The lowest BCUT2D eigenvalue weighted by Crippen LogP contribution is -2.46. The summed E-state index contributed by atoms with van der Waals surface area (Å²) in [6, 6.07) is 8.03. The zero-order valence-electron chi connectivity index (χ0n) is 17.5. The zero-order valence-corrected chi connectivity index (χ0v) is 18.3. The van der Waals surface area contributed by atoms with Crippen molar-refractivity contribution in [3.8, 4) is 5.75 Å². The minimum absolute atomic E-state index is 0.00622. The Balaban J connectivity index is 1.93. The van der Waals surface area contributed by atoms with Gasteiger partial charge in [-0.15, -0.1) is 0 Å². The van der Waals surface area contributed by atoms with Gasteiger partial charge in [0, 0.05) is 12.2 Å². The maximum absolute atomic E-state index is 13.3. The van der Waals surface area contributed by atoms with Crippen molar-refractivity contribution in [3.63, 3.8) is 0 Å². The van der Waals surface area contributed by atoms with Gasteiger partial charge in [-0.1, -0.05) is 0 Å². The number of hydrogen-bond donors (Lipinski definition) is 2. The molecule has 1 aliphatic heterocycles. The van der Waals surface area contributed by atoms with Gasteiger partial charge in [0.15, 0.2) is 0 Å². The van der Waals surface area contributed by atoms with Crippen LogP contribution in [0.4, 0.5) is 33.7 Å². The number of nitrogens with zero attached hydrogens (tertiary/aromatic N) is 1. The number of benzene rings is 2. The summed E-state index contributed by atoms with van der Waals surface area (Å²) in [6.45, 7) is 1.19. The van der Waals surface area contributed by atoms with Crippen LogP contribution in [0.3, 0.4) is 0 Å². The fourth-order valence-corrected chi connectivity index (χ4v) is 4.41. The molecule has 33 heavy (non-hydrogen) atoms. The molecule has 13 heteroatoms. The second-order valence-electron chi connectivity index (χ2n) is 7.67. The Kier molecular flexibility index (Phi) is 6.48. The van der Waals surface area contributed by atoms with E-state index in [1.54, 1.807) is 0 Å². The molecule has 8 nitrogen and oxygen atoms in total. The minimum atomic E-state index is -4.80. The van der Waals surface area contributed by atoms with Gasteiger partial charge in [-0.2, -0.15) is 13.2 Å². The third-order valence-corrected chi connectivity index (χ3v) is 6.63. The molecule has 3 N–H and O–H groups in total. The van der Waals surface area contributed by atoms with E-state index in [4.69, 9.17) is 10.5 Å². The molecule has 0 aromatic heterocycles. The lowest BCUT2D eigenvalue weighted by molar-refractivity contribution is -0.242. The van der Waals surface area contributed by atoms with E-state index in [0.29, 0.717) is 13.8 Å². The zero-order chi connectivity index (χ0) is 24.6. The Morgan fingerprint density at radius 1 is 1.21 bits per heavy atom. The molecule has 0 saturated heterocycles. The fraction of sp³-hybridized carbons (Fsp3) is 0.350. The molecule has 180 valence electrons. The number of nitrogens with two attached hydrogens (primary N) is 1. The molecule has 0 saturated carbocycles. The van der Waals surface area contributed by atoms with E-state index in [9.17, 15) is 30.8 Å². The van der Waals surface area contributed by atoms with Gasteiger partial charge < -0.3 is 15.2 Å². The molecule has 1 atom stereocenters. The second kappa shape index (κ2) is 8.71. The van der Waals surface area contributed by atoms with Crippen LogP contribution in [0.2, 0.25) is 0 Å². The van der Waals surface area contributed by atoms with Crippen molar-refractivity contribution in [1.29, 1.82) is 0 Å². The quantitative estimate of drug-likeness (QED) is 0.618. The first-order valence-electron chi connectivity index (χ1n) is 9.60. The monoisotopic (exact) mass is 491 g/mol. The standard InChI is InChI=1S/C20H21F4N3O5S/c1-19(2,20(22,23)24)32-18(28)26-13-5-8-17-16(9-13)27(11-14(10-25)31-17)33(29,30)15-6-3-12(21)4-7-15/h3-9,14H,10-11,25H2,1-2H3,(H,26,28)/t14-/m0/s1. The summed E-state index contributed by atoms with van der Waals surface area (Å²) in [4.78, 5) is 11.8. The second-order valence-corrected chi connectivity index (χ2v) is 9.53. The summed E-state index contributed by atoms with van der Waals surface area (Å²) < 4.78 is 89.7. The van der Waals surface area contributed by atoms with E-state index in [1.165, 1.54) is 18.2 Å². The number of anilines is 2. The van der Waals surface area contributed by atoms with Crippen LogP contribution in [0.5, 0.6) is 5.75 Å². The summed E-state index contributed by atoms with van der Waals surface area (Å²) >= 11 is 0. The fourth-order valence-electron chi connectivity index (χ4n) is 2.91. The van der Waals surface area contributed by atoms with Gasteiger partial charge in [-0.3, -0.25) is 9.62 Å². The Morgan fingerprint density at radius 2 is 1.85 bits per heavy atom. The number of halogens is 4. The van der Waals surface area contributed by atoms with Crippen molar-refractivity contribution in [3.05, 3.63) is 48.3 Å². The predicted octanol–water partition coefficient (Wildman–Crippen LogP) is 3.63. The molecule has 0 bridgehead atoms. The molecule has 1 heterocycles.